The summed E-state index contributed by atoms with van der Waals surface area (Å²) in [5, 5.41) is 8.78. The minimum atomic E-state index is -1.08. The predicted octanol–water partition coefficient (Wildman–Crippen LogP) is 3.06. The molecule has 2 rings (SSSR count). The van der Waals surface area contributed by atoms with Crippen LogP contribution in [0.2, 0.25) is 5.82 Å². The third kappa shape index (κ3) is 3.01. The van der Waals surface area contributed by atoms with Crippen LogP contribution in [-0.2, 0) is 14.1 Å². The summed E-state index contributed by atoms with van der Waals surface area (Å²) in [6.07, 6.45) is 0.507. The Bertz CT molecular complexity index is 369. The van der Waals surface area contributed by atoms with Crippen LogP contribution in [-0.4, -0.2) is 35.6 Å². The van der Waals surface area contributed by atoms with Crippen molar-refractivity contribution in [3.05, 3.63) is 0 Å². The first-order valence-corrected chi connectivity index (χ1v) is 7.34. The van der Waals surface area contributed by atoms with E-state index in [1.54, 1.807) is 0 Å². The molecule has 3 unspecified atom stereocenters. The maximum atomic E-state index is 14.1. The molecule has 4 nitrogen and oxygen atoms in total. The molecule has 1 saturated heterocycles. The smallest absolute Gasteiger partial charge is 0.461 e. The quantitative estimate of drug-likeness (QED) is 0.810. The van der Waals surface area contributed by atoms with E-state index in [1.165, 1.54) is 0 Å². The molecular weight excluding hydrogens is 262 g/mol. The summed E-state index contributed by atoms with van der Waals surface area (Å²) in [6, 6.07) is 0. The Hall–Kier alpha value is -0.615. The van der Waals surface area contributed by atoms with Gasteiger partial charge in [0.25, 0.3) is 0 Å². The van der Waals surface area contributed by atoms with Gasteiger partial charge in [0.05, 0.1) is 17.6 Å². The van der Waals surface area contributed by atoms with Crippen molar-refractivity contribution in [3.8, 4) is 0 Å². The molecule has 0 spiro atoms. The Kier molecular flexibility index (Phi) is 4.18. The number of rotatable bonds is 3. The number of halogens is 1. The van der Waals surface area contributed by atoms with Gasteiger partial charge in [0.2, 0.25) is 0 Å². The van der Waals surface area contributed by atoms with E-state index in [1.807, 2.05) is 27.7 Å². The minimum absolute atomic E-state index is 0.0103. The fraction of sp³-hybridized carbons (Fsp3) is 0.929. The molecule has 0 radical (unpaired) electrons. The molecule has 114 valence electrons. The van der Waals surface area contributed by atoms with Crippen LogP contribution in [0.3, 0.4) is 0 Å². The molecule has 3 atom stereocenters. The molecule has 0 aromatic heterocycles. The molecule has 0 aromatic rings. The van der Waals surface area contributed by atoms with E-state index in [-0.39, 0.29) is 25.3 Å². The molecule has 20 heavy (non-hydrogen) atoms. The highest BCUT2D eigenvalue weighted by atomic mass is 19.1. The van der Waals surface area contributed by atoms with Crippen molar-refractivity contribution < 1.29 is 23.6 Å². The summed E-state index contributed by atoms with van der Waals surface area (Å²) in [4.78, 5) is 10.7. The van der Waals surface area contributed by atoms with Crippen LogP contribution < -0.4 is 0 Å². The summed E-state index contributed by atoms with van der Waals surface area (Å²) < 4.78 is 26.0. The van der Waals surface area contributed by atoms with Crippen LogP contribution in [0.4, 0.5) is 4.39 Å². The number of hydrogen-bond acceptors (Lipinski definition) is 3. The van der Waals surface area contributed by atoms with Crippen molar-refractivity contribution in [1.82, 2.24) is 0 Å². The highest BCUT2D eigenvalue weighted by Gasteiger charge is 2.54. The minimum Gasteiger partial charge on any atom is -0.481 e. The summed E-state index contributed by atoms with van der Waals surface area (Å²) in [5.74, 6) is -1.28. The van der Waals surface area contributed by atoms with Gasteiger partial charge in [-0.2, -0.15) is 0 Å². The molecule has 1 aliphatic carbocycles. The highest BCUT2D eigenvalue weighted by Crippen LogP contribution is 2.45. The normalized spacial score (nSPS) is 36.0. The van der Waals surface area contributed by atoms with Crippen molar-refractivity contribution in [1.29, 1.82) is 0 Å². The first-order chi connectivity index (χ1) is 9.12. The van der Waals surface area contributed by atoms with Crippen molar-refractivity contribution in [3.63, 3.8) is 0 Å². The zero-order chi connectivity index (χ0) is 15.1. The van der Waals surface area contributed by atoms with Gasteiger partial charge in [0, 0.05) is 5.92 Å². The van der Waals surface area contributed by atoms with Gasteiger partial charge >= 0.3 is 13.1 Å². The molecule has 6 heteroatoms. The maximum absolute atomic E-state index is 14.1. The van der Waals surface area contributed by atoms with Crippen LogP contribution >= 0.6 is 0 Å². The molecule has 0 bridgehead atoms. The second kappa shape index (κ2) is 5.30. The fourth-order valence-corrected chi connectivity index (χ4v) is 2.99. The Morgan fingerprint density at radius 3 is 2.25 bits per heavy atom. The standard InChI is InChI=1S/C14H24BFO4/c1-13(2)14(3,4)20-15(19-13)10-6-5-9(7-12(17)18)11(16)8-10/h9-11H,5-8H2,1-4H3,(H,17,18). The third-order valence-corrected chi connectivity index (χ3v) is 5.04. The third-order valence-electron chi connectivity index (χ3n) is 5.04. The lowest BCUT2D eigenvalue weighted by Gasteiger charge is -2.32. The van der Waals surface area contributed by atoms with Gasteiger partial charge in [-0.25, -0.2) is 4.39 Å². The molecule has 1 aliphatic heterocycles. The van der Waals surface area contributed by atoms with Crippen LogP contribution in [0.25, 0.3) is 0 Å². The Morgan fingerprint density at radius 1 is 1.25 bits per heavy atom. The molecule has 1 heterocycles. The average Bonchev–Trinajstić information content (AvgIpc) is 2.50. The van der Waals surface area contributed by atoms with E-state index in [0.29, 0.717) is 12.8 Å². The second-order valence-corrected chi connectivity index (χ2v) is 7.07. The van der Waals surface area contributed by atoms with Gasteiger partial charge in [-0.15, -0.1) is 0 Å². The Morgan fingerprint density at radius 2 is 1.80 bits per heavy atom. The van der Waals surface area contributed by atoms with Gasteiger partial charge in [-0.05, 0) is 46.4 Å². The Labute approximate surface area is 120 Å². The van der Waals surface area contributed by atoms with Crippen molar-refractivity contribution in [2.24, 2.45) is 5.92 Å². The van der Waals surface area contributed by atoms with Crippen molar-refractivity contribution in [2.75, 3.05) is 0 Å². The molecule has 1 N–H and O–H groups in total. The Balaban J connectivity index is 1.96. The van der Waals surface area contributed by atoms with E-state index in [4.69, 9.17) is 14.4 Å². The number of hydrogen-bond donors (Lipinski definition) is 1. The van der Waals surface area contributed by atoms with Gasteiger partial charge in [0.15, 0.2) is 0 Å². The van der Waals surface area contributed by atoms with Gasteiger partial charge < -0.3 is 14.4 Å². The van der Waals surface area contributed by atoms with E-state index in [9.17, 15) is 9.18 Å². The number of alkyl halides is 1. The summed E-state index contributed by atoms with van der Waals surface area (Å²) in [7, 11) is -0.385. The number of carboxylic acids is 1. The van der Waals surface area contributed by atoms with E-state index in [0.717, 1.165) is 6.42 Å². The maximum Gasteiger partial charge on any atom is 0.461 e. The van der Waals surface area contributed by atoms with Crippen molar-refractivity contribution in [2.45, 2.75) is 76.6 Å². The SMILES string of the molecule is CC1(C)OB(C2CCC(CC(=O)O)C(F)C2)OC1(C)C. The summed E-state index contributed by atoms with van der Waals surface area (Å²) in [6.45, 7) is 7.93. The van der Waals surface area contributed by atoms with Crippen molar-refractivity contribution >= 4 is 13.1 Å². The molecule has 2 fully saturated rings. The summed E-state index contributed by atoms with van der Waals surface area (Å²) >= 11 is 0. The van der Waals surface area contributed by atoms with Crippen LogP contribution in [0, 0.1) is 5.92 Å². The molecule has 1 saturated carbocycles. The van der Waals surface area contributed by atoms with Crippen LogP contribution in [0.1, 0.15) is 53.4 Å². The summed E-state index contributed by atoms with van der Waals surface area (Å²) in [5.41, 5.74) is -0.803. The first kappa shape index (κ1) is 15.8. The van der Waals surface area contributed by atoms with E-state index < -0.39 is 23.3 Å². The zero-order valence-corrected chi connectivity index (χ0v) is 12.7. The van der Waals surface area contributed by atoms with Crippen LogP contribution in [0.5, 0.6) is 0 Å². The monoisotopic (exact) mass is 286 g/mol. The van der Waals surface area contributed by atoms with Gasteiger partial charge in [0.1, 0.15) is 6.17 Å². The average molecular weight is 286 g/mol. The first-order valence-electron chi connectivity index (χ1n) is 7.34. The number of carbonyl (C=O) groups is 1. The molecule has 2 aliphatic rings. The lowest BCUT2D eigenvalue weighted by atomic mass is 9.62. The van der Waals surface area contributed by atoms with Crippen LogP contribution in [0.15, 0.2) is 0 Å². The lowest BCUT2D eigenvalue weighted by Crippen LogP contribution is -2.41. The fourth-order valence-electron chi connectivity index (χ4n) is 2.99. The molecule has 0 aromatic carbocycles. The van der Waals surface area contributed by atoms with E-state index >= 15 is 0 Å². The molecule has 0 amide bonds. The highest BCUT2D eigenvalue weighted by molar-refractivity contribution is 6.47. The topological polar surface area (TPSA) is 55.8 Å². The van der Waals surface area contributed by atoms with Gasteiger partial charge in [-0.3, -0.25) is 4.79 Å². The molecular formula is C14H24BFO4. The van der Waals surface area contributed by atoms with E-state index in [2.05, 4.69) is 0 Å². The number of aliphatic carboxylic acids is 1. The lowest BCUT2D eigenvalue weighted by molar-refractivity contribution is -0.139. The number of carboxylic acid groups (broad SMARTS) is 1. The predicted molar refractivity (Wildman–Crippen MR) is 74.3 cm³/mol. The second-order valence-electron chi connectivity index (χ2n) is 7.07. The van der Waals surface area contributed by atoms with Gasteiger partial charge in [-0.1, -0.05) is 6.42 Å². The zero-order valence-electron chi connectivity index (χ0n) is 12.7. The largest absolute Gasteiger partial charge is 0.481 e.